The highest BCUT2D eigenvalue weighted by Gasteiger charge is 2.45. The van der Waals surface area contributed by atoms with E-state index in [4.69, 9.17) is 0 Å². The van der Waals surface area contributed by atoms with Crippen LogP contribution in [0.5, 0.6) is 0 Å². The number of allylic oxidation sites excluding steroid dienone is 5. The van der Waals surface area contributed by atoms with E-state index in [1.165, 1.54) is 21.3 Å². The zero-order valence-corrected chi connectivity index (χ0v) is 22.3. The molecular formula is C30H31N3O4S. The van der Waals surface area contributed by atoms with Crippen molar-refractivity contribution in [2.45, 2.75) is 32.1 Å². The van der Waals surface area contributed by atoms with Gasteiger partial charge in [-0.15, -0.1) is 4.91 Å². The second kappa shape index (κ2) is 11.7. The Bertz CT molecular complexity index is 1540. The second-order valence-electron chi connectivity index (χ2n) is 9.66. The van der Waals surface area contributed by atoms with Gasteiger partial charge in [-0.1, -0.05) is 60.7 Å². The lowest BCUT2D eigenvalue weighted by Gasteiger charge is -2.17. The van der Waals surface area contributed by atoms with E-state index < -0.39 is 10.1 Å². The van der Waals surface area contributed by atoms with E-state index >= 15 is 0 Å². The average Bonchev–Trinajstić information content (AvgIpc) is 3.12. The Morgan fingerprint density at radius 1 is 0.921 bits per heavy atom. The van der Waals surface area contributed by atoms with Crippen molar-refractivity contribution in [2.24, 2.45) is 5.29 Å². The van der Waals surface area contributed by atoms with Crippen LogP contribution >= 0.6 is 0 Å². The first-order valence-electron chi connectivity index (χ1n) is 12.5. The average molecular weight is 530 g/mol. The summed E-state index contributed by atoms with van der Waals surface area (Å²) in [6.07, 6.45) is 12.0. The molecule has 0 aliphatic carbocycles. The minimum absolute atomic E-state index is 0.299. The molecule has 3 aromatic carbocycles. The maximum Gasteiger partial charge on any atom is 0.210 e. The molecule has 3 aromatic rings. The number of anilines is 1. The predicted molar refractivity (Wildman–Crippen MR) is 153 cm³/mol. The highest BCUT2D eigenvalue weighted by atomic mass is 32.2. The Morgan fingerprint density at radius 2 is 1.63 bits per heavy atom. The van der Waals surface area contributed by atoms with Crippen molar-refractivity contribution in [1.29, 1.82) is 0 Å². The molecule has 0 saturated carbocycles. The quantitative estimate of drug-likeness (QED) is 0.0720. The zero-order valence-electron chi connectivity index (χ0n) is 21.5. The van der Waals surface area contributed by atoms with Gasteiger partial charge in [-0.2, -0.15) is 4.58 Å². The normalized spacial score (nSPS) is 15.2. The van der Waals surface area contributed by atoms with Gasteiger partial charge in [0.1, 0.15) is 6.54 Å². The summed E-state index contributed by atoms with van der Waals surface area (Å²) in [4.78, 5) is 11.2. The van der Waals surface area contributed by atoms with Gasteiger partial charge in [-0.3, -0.25) is 0 Å². The van der Waals surface area contributed by atoms with E-state index in [1.807, 2.05) is 48.6 Å². The fourth-order valence-electron chi connectivity index (χ4n) is 4.97. The van der Waals surface area contributed by atoms with Crippen LogP contribution in [0.25, 0.3) is 10.8 Å². The van der Waals surface area contributed by atoms with Gasteiger partial charge in [0.2, 0.25) is 5.69 Å². The maximum absolute atomic E-state index is 11.2. The number of hydrogen-bond donors (Lipinski definition) is 0. The summed E-state index contributed by atoms with van der Waals surface area (Å²) in [5, 5.41) is 6.65. The minimum atomic E-state index is -4.23. The third kappa shape index (κ3) is 6.15. The van der Waals surface area contributed by atoms with Crippen molar-refractivity contribution in [3.8, 4) is 0 Å². The van der Waals surface area contributed by atoms with Gasteiger partial charge in [0, 0.05) is 36.1 Å². The van der Waals surface area contributed by atoms with Gasteiger partial charge >= 0.3 is 0 Å². The number of para-hydroxylation sites is 1. The first-order chi connectivity index (χ1) is 18.2. The summed E-state index contributed by atoms with van der Waals surface area (Å²) < 4.78 is 35.5. The molecule has 0 atom stereocenters. The Kier molecular flexibility index (Phi) is 8.34. The lowest BCUT2D eigenvalue weighted by atomic mass is 9.79. The number of fused-ring (bicyclic) bond motifs is 3. The van der Waals surface area contributed by atoms with Gasteiger partial charge in [0.25, 0.3) is 0 Å². The fraction of sp³-hybridized carbons (Fsp3) is 0.233. The van der Waals surface area contributed by atoms with E-state index in [1.54, 1.807) is 24.4 Å². The van der Waals surface area contributed by atoms with Crippen molar-refractivity contribution in [3.63, 3.8) is 0 Å². The molecule has 0 aromatic heterocycles. The van der Waals surface area contributed by atoms with Gasteiger partial charge in [0.05, 0.1) is 26.5 Å². The van der Waals surface area contributed by atoms with Crippen molar-refractivity contribution < 1.29 is 17.5 Å². The van der Waals surface area contributed by atoms with Crippen molar-refractivity contribution >= 4 is 38.0 Å². The monoisotopic (exact) mass is 529 g/mol. The lowest BCUT2D eigenvalue weighted by Crippen LogP contribution is -2.28. The number of rotatable bonds is 11. The van der Waals surface area contributed by atoms with Gasteiger partial charge in [0.15, 0.2) is 5.71 Å². The SMILES string of the molecule is CC1(C)C(/C=C/C=C/C=C/N(N=O)c2ccccc2)=[N+](CCCCS(=O)(=O)[O-])c2ccc3ccccc3c21. The lowest BCUT2D eigenvalue weighted by molar-refractivity contribution is -0.438. The number of unbranched alkanes of at least 4 members (excludes halogenated alkanes) is 1. The van der Waals surface area contributed by atoms with E-state index in [0.29, 0.717) is 25.1 Å². The molecule has 1 aliphatic rings. The smallest absolute Gasteiger partial charge is 0.210 e. The van der Waals surface area contributed by atoms with Crippen LogP contribution in [0, 0.1) is 4.91 Å². The molecule has 0 saturated heterocycles. The van der Waals surface area contributed by atoms with Crippen LogP contribution in [-0.4, -0.2) is 35.6 Å². The molecule has 1 heterocycles. The number of nitroso groups, excluding NO2 is 1. The van der Waals surface area contributed by atoms with Crippen LogP contribution in [0.2, 0.25) is 0 Å². The Morgan fingerprint density at radius 3 is 2.37 bits per heavy atom. The Hall–Kier alpha value is -3.88. The zero-order chi connectivity index (χ0) is 27.2. The van der Waals surface area contributed by atoms with Crippen LogP contribution in [0.15, 0.2) is 109 Å². The van der Waals surface area contributed by atoms with Crippen LogP contribution in [-0.2, 0) is 15.5 Å². The van der Waals surface area contributed by atoms with Crippen molar-refractivity contribution in [2.75, 3.05) is 17.3 Å². The third-order valence-corrected chi connectivity index (χ3v) is 7.49. The molecule has 8 heteroatoms. The first-order valence-corrected chi connectivity index (χ1v) is 14.1. The molecule has 38 heavy (non-hydrogen) atoms. The van der Waals surface area contributed by atoms with Crippen molar-refractivity contribution in [3.05, 3.63) is 114 Å². The number of nitrogens with zero attached hydrogens (tertiary/aromatic N) is 3. The van der Waals surface area contributed by atoms with E-state index in [9.17, 15) is 17.9 Å². The standard InChI is InChI=1S/C30H31N3O4S/c1-30(2)28(18-8-3-4-11-22-33(31-34)25-15-6-5-7-16-25)32(21-12-13-23-38(35,36)37)27-20-19-24-14-9-10-17-26(24)29(27)30/h3-11,14-20,22H,12-13,21,23H2,1-2H3. The highest BCUT2D eigenvalue weighted by molar-refractivity contribution is 7.85. The van der Waals surface area contributed by atoms with Crippen LogP contribution in [0.3, 0.4) is 0 Å². The molecule has 1 aliphatic heterocycles. The largest absolute Gasteiger partial charge is 0.748 e. The summed E-state index contributed by atoms with van der Waals surface area (Å²) in [6, 6.07) is 21.7. The summed E-state index contributed by atoms with van der Waals surface area (Å²) in [7, 11) is -4.23. The van der Waals surface area contributed by atoms with Crippen LogP contribution in [0.4, 0.5) is 11.4 Å². The molecule has 196 valence electrons. The summed E-state index contributed by atoms with van der Waals surface area (Å²) >= 11 is 0. The van der Waals surface area contributed by atoms with Gasteiger partial charge in [-0.25, -0.2) is 13.4 Å². The van der Waals surface area contributed by atoms with Gasteiger partial charge in [-0.05, 0) is 55.3 Å². The minimum Gasteiger partial charge on any atom is -0.748 e. The Balaban J connectivity index is 1.60. The van der Waals surface area contributed by atoms with Crippen molar-refractivity contribution in [1.82, 2.24) is 0 Å². The topological polar surface area (TPSA) is 92.9 Å². The molecule has 0 N–H and O–H groups in total. The highest BCUT2D eigenvalue weighted by Crippen LogP contribution is 2.44. The molecular weight excluding hydrogens is 498 g/mol. The summed E-state index contributed by atoms with van der Waals surface area (Å²) in [5.74, 6) is -0.356. The first kappa shape index (κ1) is 27.2. The van der Waals surface area contributed by atoms with Crippen LogP contribution in [0.1, 0.15) is 32.3 Å². The second-order valence-corrected chi connectivity index (χ2v) is 11.2. The molecule has 4 rings (SSSR count). The Labute approximate surface area is 223 Å². The molecule has 0 fully saturated rings. The molecule has 0 amide bonds. The summed E-state index contributed by atoms with van der Waals surface area (Å²) in [6.45, 7) is 4.99. The molecule has 7 nitrogen and oxygen atoms in total. The van der Waals surface area contributed by atoms with Gasteiger partial charge < -0.3 is 4.55 Å². The molecule has 0 radical (unpaired) electrons. The third-order valence-electron chi connectivity index (χ3n) is 6.70. The van der Waals surface area contributed by atoms with E-state index in [0.717, 1.165) is 11.4 Å². The molecule has 0 unspecified atom stereocenters. The number of benzene rings is 3. The molecule has 0 spiro atoms. The molecule has 0 bridgehead atoms. The van der Waals surface area contributed by atoms with E-state index in [2.05, 4.69) is 54.1 Å². The maximum atomic E-state index is 11.2. The predicted octanol–water partition coefficient (Wildman–Crippen LogP) is 6.36. The number of hydrogen-bond acceptors (Lipinski definition) is 5. The fourth-order valence-corrected chi connectivity index (χ4v) is 5.53. The summed E-state index contributed by atoms with van der Waals surface area (Å²) in [5.41, 5.74) is 3.79. The van der Waals surface area contributed by atoms with Crippen LogP contribution < -0.4 is 5.01 Å². The van der Waals surface area contributed by atoms with E-state index in [-0.39, 0.29) is 11.2 Å².